The molecule has 28 heavy (non-hydrogen) atoms. The number of nitrogen functional groups attached to an aromatic ring is 2. The minimum absolute atomic E-state index is 0.117. The smallest absolute Gasteiger partial charge is 0.242 e. The molecule has 0 aliphatic carbocycles. The first kappa shape index (κ1) is 22.8. The molecule has 0 saturated heterocycles. The number of sulfonamides is 2. The predicted octanol–water partition coefficient (Wildman–Crippen LogP) is 2.15. The van der Waals surface area contributed by atoms with Crippen LogP contribution in [-0.4, -0.2) is 53.6 Å². The summed E-state index contributed by atoms with van der Waals surface area (Å²) in [5.74, 6) is 0. The van der Waals surface area contributed by atoms with Gasteiger partial charge in [-0.05, 0) is 36.4 Å². The van der Waals surface area contributed by atoms with Gasteiger partial charge < -0.3 is 11.5 Å². The molecule has 2 rings (SSSR count). The summed E-state index contributed by atoms with van der Waals surface area (Å²) in [6, 6.07) is 8.90. The zero-order chi connectivity index (χ0) is 21.3. The summed E-state index contributed by atoms with van der Waals surface area (Å²) in [5, 5.41) is 0. The molecule has 0 heterocycles. The highest BCUT2D eigenvalue weighted by Crippen LogP contribution is 2.43. The van der Waals surface area contributed by atoms with Gasteiger partial charge in [0, 0.05) is 49.4 Å². The Kier molecular flexibility index (Phi) is 6.94. The molecule has 0 amide bonds. The van der Waals surface area contributed by atoms with E-state index in [1.54, 1.807) is 0 Å². The van der Waals surface area contributed by atoms with Gasteiger partial charge in [0.2, 0.25) is 20.0 Å². The van der Waals surface area contributed by atoms with Crippen LogP contribution < -0.4 is 11.5 Å². The fourth-order valence-electron chi connectivity index (χ4n) is 2.01. The third-order valence-corrected chi connectivity index (χ3v) is 9.85. The molecular formula is C16H22N4O4S4. The van der Waals surface area contributed by atoms with E-state index in [0.29, 0.717) is 21.2 Å². The van der Waals surface area contributed by atoms with E-state index in [1.807, 2.05) is 0 Å². The Morgan fingerprint density at radius 1 is 0.679 bits per heavy atom. The van der Waals surface area contributed by atoms with E-state index < -0.39 is 20.0 Å². The second-order valence-electron chi connectivity index (χ2n) is 6.14. The minimum atomic E-state index is -3.60. The molecule has 0 fully saturated rings. The van der Waals surface area contributed by atoms with E-state index in [2.05, 4.69) is 0 Å². The van der Waals surface area contributed by atoms with E-state index >= 15 is 0 Å². The summed E-state index contributed by atoms with van der Waals surface area (Å²) < 4.78 is 51.5. The molecule has 2 aromatic rings. The molecule has 0 aromatic heterocycles. The lowest BCUT2D eigenvalue weighted by molar-refractivity contribution is 0.519. The molecule has 0 radical (unpaired) electrons. The van der Waals surface area contributed by atoms with Gasteiger partial charge in [0.05, 0.1) is 9.79 Å². The fourth-order valence-corrected chi connectivity index (χ4v) is 6.28. The Balaban J connectivity index is 2.35. The first-order chi connectivity index (χ1) is 12.9. The molecule has 4 N–H and O–H groups in total. The molecule has 0 bridgehead atoms. The Labute approximate surface area is 173 Å². The van der Waals surface area contributed by atoms with Crippen LogP contribution in [0.15, 0.2) is 56.0 Å². The second-order valence-corrected chi connectivity index (χ2v) is 12.7. The Bertz CT molecular complexity index is 996. The van der Waals surface area contributed by atoms with Gasteiger partial charge >= 0.3 is 0 Å². The maximum atomic E-state index is 12.3. The number of rotatable bonds is 7. The topological polar surface area (TPSA) is 127 Å². The van der Waals surface area contributed by atoms with Crippen LogP contribution in [-0.2, 0) is 20.0 Å². The summed E-state index contributed by atoms with van der Waals surface area (Å²) in [5.41, 5.74) is 12.8. The van der Waals surface area contributed by atoms with E-state index in [4.69, 9.17) is 11.5 Å². The molecule has 154 valence electrons. The van der Waals surface area contributed by atoms with Crippen LogP contribution in [0.2, 0.25) is 0 Å². The van der Waals surface area contributed by atoms with Crippen molar-refractivity contribution in [3.63, 3.8) is 0 Å². The number of nitrogens with two attached hydrogens (primary N) is 2. The Morgan fingerprint density at radius 3 is 1.29 bits per heavy atom. The van der Waals surface area contributed by atoms with Crippen LogP contribution >= 0.6 is 21.6 Å². The van der Waals surface area contributed by atoms with Crippen molar-refractivity contribution in [2.45, 2.75) is 19.6 Å². The highest BCUT2D eigenvalue weighted by atomic mass is 33.1. The molecule has 8 nitrogen and oxygen atoms in total. The van der Waals surface area contributed by atoms with Crippen molar-refractivity contribution in [2.75, 3.05) is 39.7 Å². The number of benzene rings is 2. The molecular weight excluding hydrogens is 440 g/mol. The largest absolute Gasteiger partial charge is 0.398 e. The van der Waals surface area contributed by atoms with Crippen LogP contribution in [0.4, 0.5) is 11.4 Å². The fraction of sp³-hybridized carbons (Fsp3) is 0.250. The lowest BCUT2D eigenvalue weighted by atomic mass is 10.3. The normalized spacial score (nSPS) is 12.6. The molecule has 0 aliphatic heterocycles. The minimum Gasteiger partial charge on any atom is -0.398 e. The van der Waals surface area contributed by atoms with Crippen molar-refractivity contribution in [1.29, 1.82) is 0 Å². The van der Waals surface area contributed by atoms with Crippen LogP contribution in [0.3, 0.4) is 0 Å². The Hall–Kier alpha value is -1.44. The maximum absolute atomic E-state index is 12.3. The van der Waals surface area contributed by atoms with Gasteiger partial charge in [-0.3, -0.25) is 0 Å². The number of anilines is 2. The summed E-state index contributed by atoms with van der Waals surface area (Å²) in [4.78, 5) is 1.31. The third-order valence-electron chi connectivity index (χ3n) is 3.75. The standard InChI is InChI=1S/C16H22N4O4S4/c1-19(2)27(21,22)11-5-7-13(17)15(9-11)25-26-16-10-12(6-8-14(16)18)28(23,24)20(3)4/h5-10H,17-18H2,1-4H3. The average Bonchev–Trinajstić information content (AvgIpc) is 2.61. The molecule has 0 atom stereocenters. The van der Waals surface area contributed by atoms with Crippen LogP contribution in [0.1, 0.15) is 0 Å². The van der Waals surface area contributed by atoms with Crippen molar-refractivity contribution in [3.05, 3.63) is 36.4 Å². The molecule has 0 saturated carbocycles. The van der Waals surface area contributed by atoms with Crippen molar-refractivity contribution in [1.82, 2.24) is 8.61 Å². The van der Waals surface area contributed by atoms with Gasteiger partial charge in [0.25, 0.3) is 0 Å². The van der Waals surface area contributed by atoms with Gasteiger partial charge in [-0.2, -0.15) is 0 Å². The third kappa shape index (κ3) is 4.75. The van der Waals surface area contributed by atoms with E-state index in [0.717, 1.165) is 8.61 Å². The van der Waals surface area contributed by atoms with Gasteiger partial charge in [-0.25, -0.2) is 25.4 Å². The lowest BCUT2D eigenvalue weighted by Gasteiger charge is -2.14. The van der Waals surface area contributed by atoms with Crippen molar-refractivity contribution in [2.24, 2.45) is 0 Å². The van der Waals surface area contributed by atoms with Gasteiger partial charge in [0.1, 0.15) is 0 Å². The summed E-state index contributed by atoms with van der Waals surface area (Å²) in [7, 11) is 1.01. The number of hydrogen-bond donors (Lipinski definition) is 2. The zero-order valence-electron chi connectivity index (χ0n) is 15.8. The van der Waals surface area contributed by atoms with Crippen LogP contribution in [0.5, 0.6) is 0 Å². The van der Waals surface area contributed by atoms with Crippen LogP contribution in [0, 0.1) is 0 Å². The average molecular weight is 463 g/mol. The van der Waals surface area contributed by atoms with E-state index in [9.17, 15) is 16.8 Å². The van der Waals surface area contributed by atoms with Gasteiger partial charge in [0.15, 0.2) is 0 Å². The summed E-state index contributed by atoms with van der Waals surface area (Å²) in [6.07, 6.45) is 0. The van der Waals surface area contributed by atoms with Crippen molar-refractivity contribution < 1.29 is 16.8 Å². The molecule has 0 unspecified atom stereocenters. The van der Waals surface area contributed by atoms with Gasteiger partial charge in [-0.15, -0.1) is 0 Å². The number of hydrogen-bond acceptors (Lipinski definition) is 8. The highest BCUT2D eigenvalue weighted by Gasteiger charge is 2.20. The number of nitrogens with zero attached hydrogens (tertiary/aromatic N) is 2. The molecule has 12 heteroatoms. The van der Waals surface area contributed by atoms with Crippen molar-refractivity contribution in [3.8, 4) is 0 Å². The highest BCUT2D eigenvalue weighted by molar-refractivity contribution is 8.76. The van der Waals surface area contributed by atoms with Gasteiger partial charge in [-0.1, -0.05) is 21.6 Å². The van der Waals surface area contributed by atoms with Crippen molar-refractivity contribution >= 4 is 53.0 Å². The molecule has 0 spiro atoms. The van der Waals surface area contributed by atoms with E-state index in [-0.39, 0.29) is 9.79 Å². The van der Waals surface area contributed by atoms with E-state index in [1.165, 1.54) is 86.2 Å². The summed E-state index contributed by atoms with van der Waals surface area (Å²) >= 11 is 0. The van der Waals surface area contributed by atoms with Crippen LogP contribution in [0.25, 0.3) is 0 Å². The lowest BCUT2D eigenvalue weighted by Crippen LogP contribution is -2.22. The molecule has 0 aliphatic rings. The Morgan fingerprint density at radius 2 is 1.00 bits per heavy atom. The predicted molar refractivity (Wildman–Crippen MR) is 115 cm³/mol. The molecule has 2 aromatic carbocycles. The first-order valence-corrected chi connectivity index (χ1v) is 12.9. The zero-order valence-corrected chi connectivity index (χ0v) is 19.0. The second kappa shape index (κ2) is 8.51. The first-order valence-electron chi connectivity index (χ1n) is 7.86. The monoisotopic (exact) mass is 462 g/mol. The maximum Gasteiger partial charge on any atom is 0.242 e. The summed E-state index contributed by atoms with van der Waals surface area (Å²) in [6.45, 7) is 0. The quantitative estimate of drug-likeness (QED) is 0.473. The SMILES string of the molecule is CN(C)S(=O)(=O)c1ccc(N)c(SSc2cc(S(=O)(=O)N(C)C)ccc2N)c1.